The van der Waals surface area contributed by atoms with Gasteiger partial charge in [0.05, 0.1) is 12.7 Å². The van der Waals surface area contributed by atoms with Gasteiger partial charge in [-0.15, -0.1) is 0 Å². The third-order valence-electron chi connectivity index (χ3n) is 2.33. The number of methoxy groups -OCH3 is 1. The van der Waals surface area contributed by atoms with Crippen LogP contribution in [-0.4, -0.2) is 35.3 Å². The number of ether oxygens (including phenoxy) is 1. The minimum Gasteiger partial charge on any atom is -0.496 e. The number of hydrogen-bond acceptors (Lipinski definition) is 4. The normalized spacial score (nSPS) is 13.7. The molecule has 1 aromatic rings. The van der Waals surface area contributed by atoms with Gasteiger partial charge in [0.2, 0.25) is 0 Å². The van der Waals surface area contributed by atoms with E-state index in [1.165, 1.54) is 7.11 Å². The SMILES string of the molecule is COc1ccc(N)cc1C(=O)NC(C)CS(C)=O. The lowest BCUT2D eigenvalue weighted by Crippen LogP contribution is -2.36. The van der Waals surface area contributed by atoms with Crippen molar-refractivity contribution < 1.29 is 13.7 Å². The van der Waals surface area contributed by atoms with Gasteiger partial charge in [-0.1, -0.05) is 0 Å². The van der Waals surface area contributed by atoms with Crippen LogP contribution in [0.15, 0.2) is 18.2 Å². The number of nitrogens with two attached hydrogens (primary N) is 1. The van der Waals surface area contributed by atoms with Gasteiger partial charge in [-0.25, -0.2) is 0 Å². The van der Waals surface area contributed by atoms with Gasteiger partial charge in [-0.3, -0.25) is 9.00 Å². The number of hydrogen-bond donors (Lipinski definition) is 2. The monoisotopic (exact) mass is 270 g/mol. The molecular formula is C12H18N2O3S. The molecule has 0 aliphatic carbocycles. The van der Waals surface area contributed by atoms with Gasteiger partial charge >= 0.3 is 0 Å². The van der Waals surface area contributed by atoms with Crippen molar-refractivity contribution in [1.29, 1.82) is 0 Å². The van der Waals surface area contributed by atoms with Crippen molar-refractivity contribution in [3.8, 4) is 5.75 Å². The molecule has 18 heavy (non-hydrogen) atoms. The van der Waals surface area contributed by atoms with Crippen LogP contribution in [-0.2, 0) is 10.8 Å². The lowest BCUT2D eigenvalue weighted by atomic mass is 10.1. The van der Waals surface area contributed by atoms with Crippen LogP contribution >= 0.6 is 0 Å². The van der Waals surface area contributed by atoms with E-state index in [-0.39, 0.29) is 11.9 Å². The molecule has 5 nitrogen and oxygen atoms in total. The summed E-state index contributed by atoms with van der Waals surface area (Å²) in [5.74, 6) is 0.597. The largest absolute Gasteiger partial charge is 0.496 e. The Bertz CT molecular complexity index is 463. The highest BCUT2D eigenvalue weighted by Crippen LogP contribution is 2.20. The zero-order chi connectivity index (χ0) is 13.7. The summed E-state index contributed by atoms with van der Waals surface area (Å²) in [7, 11) is 0.542. The quantitative estimate of drug-likeness (QED) is 0.775. The second kappa shape index (κ2) is 6.39. The maximum Gasteiger partial charge on any atom is 0.255 e. The molecular weight excluding hydrogens is 252 g/mol. The maximum absolute atomic E-state index is 12.0. The molecule has 100 valence electrons. The molecule has 0 fully saturated rings. The summed E-state index contributed by atoms with van der Waals surface area (Å²) in [5, 5.41) is 2.76. The average Bonchev–Trinajstić information content (AvgIpc) is 2.27. The minimum absolute atomic E-state index is 0.172. The summed E-state index contributed by atoms with van der Waals surface area (Å²) in [6, 6.07) is 4.70. The van der Waals surface area contributed by atoms with E-state index in [0.717, 1.165) is 0 Å². The van der Waals surface area contributed by atoms with Gasteiger partial charge in [0.15, 0.2) is 0 Å². The lowest BCUT2D eigenvalue weighted by molar-refractivity contribution is 0.0940. The van der Waals surface area contributed by atoms with Crippen LogP contribution in [0.4, 0.5) is 5.69 Å². The summed E-state index contributed by atoms with van der Waals surface area (Å²) < 4.78 is 16.2. The number of benzene rings is 1. The predicted octanol–water partition coefficient (Wildman–Crippen LogP) is 0.774. The number of anilines is 1. The molecule has 3 N–H and O–H groups in total. The van der Waals surface area contributed by atoms with Crippen molar-refractivity contribution in [2.45, 2.75) is 13.0 Å². The van der Waals surface area contributed by atoms with E-state index in [2.05, 4.69) is 5.32 Å². The molecule has 1 aromatic carbocycles. The first-order valence-corrected chi connectivity index (χ1v) is 7.21. The van der Waals surface area contributed by atoms with Crippen LogP contribution in [0.2, 0.25) is 0 Å². The molecule has 1 rings (SSSR count). The molecule has 0 heterocycles. The number of rotatable bonds is 5. The third kappa shape index (κ3) is 4.03. The Kier molecular flexibility index (Phi) is 5.15. The molecule has 2 unspecified atom stereocenters. The predicted molar refractivity (Wildman–Crippen MR) is 73.3 cm³/mol. The fraction of sp³-hybridized carbons (Fsp3) is 0.417. The molecule has 6 heteroatoms. The van der Waals surface area contributed by atoms with Crippen molar-refractivity contribution in [2.24, 2.45) is 0 Å². The lowest BCUT2D eigenvalue weighted by Gasteiger charge is -2.14. The fourth-order valence-electron chi connectivity index (χ4n) is 1.60. The van der Waals surface area contributed by atoms with E-state index in [4.69, 9.17) is 10.5 Å². The molecule has 0 radical (unpaired) electrons. The number of nitrogen functional groups attached to an aromatic ring is 1. The highest BCUT2D eigenvalue weighted by Gasteiger charge is 2.15. The molecule has 2 atom stereocenters. The third-order valence-corrected chi connectivity index (χ3v) is 3.30. The van der Waals surface area contributed by atoms with Crippen LogP contribution in [0.1, 0.15) is 17.3 Å². The van der Waals surface area contributed by atoms with Gasteiger partial charge in [-0.05, 0) is 25.1 Å². The molecule has 0 bridgehead atoms. The van der Waals surface area contributed by atoms with Crippen LogP contribution in [0.3, 0.4) is 0 Å². The number of carbonyl (C=O) groups excluding carboxylic acids is 1. The Morgan fingerprint density at radius 1 is 1.56 bits per heavy atom. The highest BCUT2D eigenvalue weighted by atomic mass is 32.2. The first-order valence-electron chi connectivity index (χ1n) is 5.48. The van der Waals surface area contributed by atoms with Crippen LogP contribution in [0.5, 0.6) is 5.75 Å². The summed E-state index contributed by atoms with van der Waals surface area (Å²) >= 11 is 0. The van der Waals surface area contributed by atoms with Gasteiger partial charge in [-0.2, -0.15) is 0 Å². The molecule has 0 saturated carbocycles. The van der Waals surface area contributed by atoms with Gasteiger partial charge in [0.25, 0.3) is 5.91 Å². The summed E-state index contributed by atoms with van der Waals surface area (Å²) in [6.45, 7) is 1.80. The molecule has 0 spiro atoms. The molecule has 0 saturated heterocycles. The van der Waals surface area contributed by atoms with E-state index in [1.54, 1.807) is 31.4 Å². The summed E-state index contributed by atoms with van der Waals surface area (Å²) in [6.07, 6.45) is 1.60. The fourth-order valence-corrected chi connectivity index (χ4v) is 2.39. The Morgan fingerprint density at radius 2 is 2.22 bits per heavy atom. The smallest absolute Gasteiger partial charge is 0.255 e. The van der Waals surface area contributed by atoms with Crippen molar-refractivity contribution in [2.75, 3.05) is 24.9 Å². The molecule has 0 aliphatic rings. The van der Waals surface area contributed by atoms with E-state index < -0.39 is 10.8 Å². The summed E-state index contributed by atoms with van der Waals surface area (Å²) in [5.41, 5.74) is 6.52. The first-order chi connectivity index (χ1) is 8.43. The first kappa shape index (κ1) is 14.5. The van der Waals surface area contributed by atoms with E-state index in [9.17, 15) is 9.00 Å². The van der Waals surface area contributed by atoms with Crippen molar-refractivity contribution in [1.82, 2.24) is 5.32 Å². The zero-order valence-corrected chi connectivity index (χ0v) is 11.5. The van der Waals surface area contributed by atoms with Crippen molar-refractivity contribution in [3.05, 3.63) is 23.8 Å². The molecule has 0 aromatic heterocycles. The Hall–Kier alpha value is -1.56. The van der Waals surface area contributed by atoms with Crippen LogP contribution in [0, 0.1) is 0 Å². The second-order valence-corrected chi connectivity index (χ2v) is 5.55. The Labute approximate surface area is 109 Å². The van der Waals surface area contributed by atoms with E-state index in [1.807, 2.05) is 0 Å². The van der Waals surface area contributed by atoms with E-state index in [0.29, 0.717) is 22.8 Å². The second-order valence-electron chi connectivity index (χ2n) is 4.07. The molecule has 1 amide bonds. The van der Waals surface area contributed by atoms with Gasteiger partial charge in [0, 0.05) is 34.5 Å². The Morgan fingerprint density at radius 3 is 2.78 bits per heavy atom. The topological polar surface area (TPSA) is 81.4 Å². The van der Waals surface area contributed by atoms with Crippen molar-refractivity contribution >= 4 is 22.4 Å². The van der Waals surface area contributed by atoms with Crippen LogP contribution < -0.4 is 15.8 Å². The van der Waals surface area contributed by atoms with E-state index >= 15 is 0 Å². The standard InChI is InChI=1S/C12H18N2O3S/c1-8(7-18(3)16)14-12(15)10-6-9(13)4-5-11(10)17-2/h4-6,8H,7,13H2,1-3H3,(H,14,15). The summed E-state index contributed by atoms with van der Waals surface area (Å²) in [4.78, 5) is 12.0. The minimum atomic E-state index is -0.951. The highest BCUT2D eigenvalue weighted by molar-refractivity contribution is 7.84. The number of amides is 1. The zero-order valence-electron chi connectivity index (χ0n) is 10.7. The van der Waals surface area contributed by atoms with Gasteiger partial charge < -0.3 is 15.8 Å². The van der Waals surface area contributed by atoms with Gasteiger partial charge in [0.1, 0.15) is 5.75 Å². The number of nitrogens with one attached hydrogen (secondary N) is 1. The molecule has 0 aliphatic heterocycles. The number of carbonyl (C=O) groups is 1. The maximum atomic E-state index is 12.0. The van der Waals surface area contributed by atoms with Crippen LogP contribution in [0.25, 0.3) is 0 Å². The Balaban J connectivity index is 2.83. The average molecular weight is 270 g/mol. The van der Waals surface area contributed by atoms with Crippen molar-refractivity contribution in [3.63, 3.8) is 0 Å².